The first kappa shape index (κ1) is 38.1. The number of nitrogens with one attached hydrogen (secondary N) is 1. The van der Waals surface area contributed by atoms with Crippen LogP contribution < -0.4 is 4.57 Å². The SMILES string of the molecule is CCCCCCCCCCCCCCCCC(c1[nH]cc[n+]1CCCCCCCCC)C(C)(Cc1ccccc1)c1ccccc1. The van der Waals surface area contributed by atoms with Gasteiger partial charge in [0, 0.05) is 5.41 Å². The van der Waals surface area contributed by atoms with Crippen LogP contribution >= 0.6 is 0 Å². The van der Waals surface area contributed by atoms with Crippen LogP contribution in [-0.4, -0.2) is 4.98 Å². The molecule has 0 bridgehead atoms. The second-order valence-corrected chi connectivity index (χ2v) is 14.5. The van der Waals surface area contributed by atoms with E-state index in [-0.39, 0.29) is 5.41 Å². The van der Waals surface area contributed by atoms with Crippen molar-refractivity contribution in [2.24, 2.45) is 0 Å². The van der Waals surface area contributed by atoms with Crippen molar-refractivity contribution in [2.75, 3.05) is 0 Å². The number of hydrogen-bond acceptors (Lipinski definition) is 0. The van der Waals surface area contributed by atoms with Crippen LogP contribution in [0.15, 0.2) is 73.1 Å². The van der Waals surface area contributed by atoms with Crippen molar-refractivity contribution in [3.8, 4) is 0 Å². The molecule has 0 fully saturated rings. The van der Waals surface area contributed by atoms with Gasteiger partial charge in [0.2, 0.25) is 0 Å². The summed E-state index contributed by atoms with van der Waals surface area (Å²) in [4.78, 5) is 3.80. The van der Waals surface area contributed by atoms with Crippen LogP contribution in [0, 0.1) is 0 Å². The summed E-state index contributed by atoms with van der Waals surface area (Å²) in [6.45, 7) is 8.28. The van der Waals surface area contributed by atoms with Crippen molar-refractivity contribution >= 4 is 0 Å². The summed E-state index contributed by atoms with van der Waals surface area (Å²) < 4.78 is 2.58. The molecule has 2 unspecified atom stereocenters. The number of hydrogen-bond donors (Lipinski definition) is 1. The molecule has 256 valence electrons. The van der Waals surface area contributed by atoms with Gasteiger partial charge in [0.15, 0.2) is 0 Å². The zero-order valence-corrected chi connectivity index (χ0v) is 30.4. The van der Waals surface area contributed by atoms with E-state index in [4.69, 9.17) is 0 Å². The molecule has 0 saturated carbocycles. The van der Waals surface area contributed by atoms with E-state index in [0.717, 1.165) is 13.0 Å². The minimum absolute atomic E-state index is 0.00586. The molecule has 3 rings (SSSR count). The van der Waals surface area contributed by atoms with Gasteiger partial charge in [0.1, 0.15) is 12.4 Å². The van der Waals surface area contributed by atoms with Gasteiger partial charge in [-0.15, -0.1) is 0 Å². The number of aryl methyl sites for hydroxylation is 1. The van der Waals surface area contributed by atoms with Crippen LogP contribution in [0.25, 0.3) is 0 Å². The second kappa shape index (κ2) is 23.9. The molecule has 1 N–H and O–H groups in total. The molecule has 0 aliphatic rings. The third kappa shape index (κ3) is 14.2. The van der Waals surface area contributed by atoms with Crippen LogP contribution in [0.4, 0.5) is 0 Å². The fourth-order valence-electron chi connectivity index (χ4n) is 7.68. The molecule has 0 aliphatic heterocycles. The summed E-state index contributed by atoms with van der Waals surface area (Å²) in [5.41, 5.74) is 2.91. The van der Waals surface area contributed by atoms with Gasteiger partial charge in [-0.1, -0.05) is 203 Å². The normalized spacial score (nSPS) is 13.5. The van der Waals surface area contributed by atoms with Crippen LogP contribution in [0.5, 0.6) is 0 Å². The van der Waals surface area contributed by atoms with E-state index in [1.54, 1.807) is 0 Å². The average molecular weight is 628 g/mol. The molecule has 0 aliphatic carbocycles. The summed E-state index contributed by atoms with van der Waals surface area (Å²) in [5, 5.41) is 0. The van der Waals surface area contributed by atoms with Crippen LogP contribution in [0.1, 0.15) is 185 Å². The molecule has 0 saturated heterocycles. The van der Waals surface area contributed by atoms with E-state index >= 15 is 0 Å². The predicted octanol–water partition coefficient (Wildman–Crippen LogP) is 13.2. The Bertz CT molecular complexity index is 1100. The maximum Gasteiger partial charge on any atom is 0.258 e. The Balaban J connectivity index is 1.60. The standard InChI is InChI=1S/C44H70N2/c1-4-6-8-10-12-13-14-15-16-17-18-19-21-29-35-42(43-45-36-38-46(43)37-30-22-20-11-9-7-5-2)44(3,41-33-27-24-28-34-41)39-40-31-25-23-26-32-40/h23-28,31-34,36,38,42H,4-22,29-30,35,37,39H2,1-3H3/p+1. The van der Waals surface area contributed by atoms with E-state index in [0.29, 0.717) is 5.92 Å². The summed E-state index contributed by atoms with van der Waals surface area (Å²) in [5.74, 6) is 1.87. The molecule has 1 heterocycles. The van der Waals surface area contributed by atoms with Gasteiger partial charge >= 0.3 is 0 Å². The van der Waals surface area contributed by atoms with Crippen LogP contribution in [0.2, 0.25) is 0 Å². The first-order valence-corrected chi connectivity index (χ1v) is 19.8. The molecule has 1 aromatic heterocycles. The largest absolute Gasteiger partial charge is 0.258 e. The van der Waals surface area contributed by atoms with Crippen molar-refractivity contribution in [1.82, 2.24) is 4.98 Å². The fraction of sp³-hybridized carbons (Fsp3) is 0.659. The Morgan fingerprint density at radius 1 is 0.565 bits per heavy atom. The van der Waals surface area contributed by atoms with Gasteiger partial charge in [-0.2, -0.15) is 0 Å². The highest BCUT2D eigenvalue weighted by Gasteiger charge is 2.41. The molecule has 2 aromatic carbocycles. The Morgan fingerprint density at radius 2 is 1.02 bits per heavy atom. The van der Waals surface area contributed by atoms with Crippen molar-refractivity contribution in [3.05, 3.63) is 90.0 Å². The lowest BCUT2D eigenvalue weighted by atomic mass is 9.66. The second-order valence-electron chi connectivity index (χ2n) is 14.5. The smallest absolute Gasteiger partial charge is 0.247 e. The highest BCUT2D eigenvalue weighted by molar-refractivity contribution is 5.32. The number of aromatic nitrogens is 2. The van der Waals surface area contributed by atoms with Crippen molar-refractivity contribution in [1.29, 1.82) is 0 Å². The Labute approximate surface area is 285 Å². The van der Waals surface area contributed by atoms with E-state index in [9.17, 15) is 0 Å². The van der Waals surface area contributed by atoms with Crippen molar-refractivity contribution < 1.29 is 4.57 Å². The van der Waals surface area contributed by atoms with Gasteiger partial charge in [-0.05, 0) is 36.8 Å². The molecule has 0 amide bonds. The Kier molecular flexibility index (Phi) is 19.8. The van der Waals surface area contributed by atoms with E-state index < -0.39 is 0 Å². The van der Waals surface area contributed by atoms with Crippen molar-refractivity contribution in [2.45, 2.75) is 186 Å². The highest BCUT2D eigenvalue weighted by atomic mass is 15.1. The molecule has 0 spiro atoms. The molecule has 3 aromatic rings. The quantitative estimate of drug-likeness (QED) is 0.0610. The minimum atomic E-state index is 0.00586. The highest BCUT2D eigenvalue weighted by Crippen LogP contribution is 2.43. The lowest BCUT2D eigenvalue weighted by molar-refractivity contribution is -0.705. The first-order chi connectivity index (χ1) is 22.7. The zero-order valence-electron chi connectivity index (χ0n) is 30.4. The van der Waals surface area contributed by atoms with Gasteiger partial charge < -0.3 is 0 Å². The number of imidazole rings is 1. The minimum Gasteiger partial charge on any atom is -0.247 e. The van der Waals surface area contributed by atoms with E-state index in [1.807, 2.05) is 0 Å². The third-order valence-corrected chi connectivity index (χ3v) is 10.6. The van der Waals surface area contributed by atoms with Crippen molar-refractivity contribution in [3.63, 3.8) is 0 Å². The average Bonchev–Trinajstić information content (AvgIpc) is 3.54. The number of aromatic amines is 1. The van der Waals surface area contributed by atoms with Gasteiger partial charge in [-0.3, -0.25) is 0 Å². The van der Waals surface area contributed by atoms with Gasteiger partial charge in [-0.25, -0.2) is 9.55 Å². The Hall–Kier alpha value is -2.35. The van der Waals surface area contributed by atoms with Crippen LogP contribution in [-0.2, 0) is 18.4 Å². The maximum absolute atomic E-state index is 3.80. The molecule has 2 atom stereocenters. The molecule has 46 heavy (non-hydrogen) atoms. The lowest BCUT2D eigenvalue weighted by Gasteiger charge is -2.37. The predicted molar refractivity (Wildman–Crippen MR) is 201 cm³/mol. The molecular weight excluding hydrogens is 556 g/mol. The molecule has 2 nitrogen and oxygen atoms in total. The number of rotatable bonds is 28. The van der Waals surface area contributed by atoms with Gasteiger partial charge in [0.25, 0.3) is 5.82 Å². The zero-order chi connectivity index (χ0) is 32.5. The van der Waals surface area contributed by atoms with E-state index in [2.05, 4.69) is 103 Å². The summed E-state index contributed by atoms with van der Waals surface area (Å²) in [6.07, 6.45) is 36.0. The van der Waals surface area contributed by atoms with Gasteiger partial charge in [0.05, 0.1) is 12.5 Å². The van der Waals surface area contributed by atoms with Crippen LogP contribution in [0.3, 0.4) is 0 Å². The fourth-order valence-corrected chi connectivity index (χ4v) is 7.68. The summed E-state index contributed by atoms with van der Waals surface area (Å²) in [7, 11) is 0. The molecule has 0 radical (unpaired) electrons. The summed E-state index contributed by atoms with van der Waals surface area (Å²) >= 11 is 0. The number of H-pyrrole nitrogens is 1. The monoisotopic (exact) mass is 628 g/mol. The third-order valence-electron chi connectivity index (χ3n) is 10.6. The topological polar surface area (TPSA) is 19.7 Å². The number of nitrogens with zero attached hydrogens (tertiary/aromatic N) is 1. The molecule has 2 heteroatoms. The summed E-state index contributed by atoms with van der Waals surface area (Å²) in [6, 6.07) is 22.6. The first-order valence-electron chi connectivity index (χ1n) is 19.8. The Morgan fingerprint density at radius 3 is 1.54 bits per heavy atom. The lowest BCUT2D eigenvalue weighted by Crippen LogP contribution is -2.43. The number of benzene rings is 2. The molecular formula is C44H71N2+. The van der Waals surface area contributed by atoms with E-state index in [1.165, 1.54) is 158 Å². The maximum atomic E-state index is 3.80. The number of unbranched alkanes of at least 4 members (excludes halogenated alkanes) is 19.